The molecule has 0 aromatic rings. The molecular weight excluding hydrogens is 186 g/mol. The SMILES string of the molecule is CC(C)C1CCC(N2CC(C)(O)C2)CC1. The van der Waals surface area contributed by atoms with Crippen LogP contribution in [0.15, 0.2) is 0 Å². The van der Waals surface area contributed by atoms with E-state index in [1.54, 1.807) is 0 Å². The second kappa shape index (κ2) is 4.06. The normalized spacial score (nSPS) is 36.6. The topological polar surface area (TPSA) is 23.5 Å². The van der Waals surface area contributed by atoms with Crippen LogP contribution in [0.2, 0.25) is 0 Å². The molecule has 0 atom stereocenters. The smallest absolute Gasteiger partial charge is 0.0872 e. The third-order valence-electron chi connectivity index (χ3n) is 4.29. The maximum absolute atomic E-state index is 9.71. The summed E-state index contributed by atoms with van der Waals surface area (Å²) in [5.41, 5.74) is -0.394. The maximum atomic E-state index is 9.71. The van der Waals surface area contributed by atoms with E-state index in [4.69, 9.17) is 0 Å². The average Bonchev–Trinajstić information content (AvgIpc) is 2.14. The lowest BCUT2D eigenvalue weighted by atomic mass is 9.78. The van der Waals surface area contributed by atoms with E-state index < -0.39 is 5.60 Å². The standard InChI is InChI=1S/C13H25NO/c1-10(2)11-4-6-12(7-5-11)14-8-13(3,15)9-14/h10-12,15H,4-9H2,1-3H3. The Balaban J connectivity index is 1.75. The zero-order valence-electron chi connectivity index (χ0n) is 10.4. The van der Waals surface area contributed by atoms with Crippen LogP contribution >= 0.6 is 0 Å². The number of aliphatic hydroxyl groups is 1. The first-order valence-electron chi connectivity index (χ1n) is 6.44. The number of nitrogens with zero attached hydrogens (tertiary/aromatic N) is 1. The van der Waals surface area contributed by atoms with Crippen LogP contribution in [-0.2, 0) is 0 Å². The molecule has 2 heteroatoms. The molecule has 88 valence electrons. The number of likely N-dealkylation sites (tertiary alicyclic amines) is 1. The Labute approximate surface area is 93.7 Å². The van der Waals surface area contributed by atoms with Crippen LogP contribution in [0.3, 0.4) is 0 Å². The molecule has 1 heterocycles. The van der Waals surface area contributed by atoms with Crippen molar-refractivity contribution in [1.29, 1.82) is 0 Å². The van der Waals surface area contributed by atoms with E-state index in [1.807, 2.05) is 6.92 Å². The molecule has 2 fully saturated rings. The molecule has 0 bridgehead atoms. The summed E-state index contributed by atoms with van der Waals surface area (Å²) in [5.74, 6) is 1.80. The molecule has 1 N–H and O–H groups in total. The van der Waals surface area contributed by atoms with Crippen molar-refractivity contribution in [3.8, 4) is 0 Å². The van der Waals surface area contributed by atoms with E-state index in [0.717, 1.165) is 31.0 Å². The predicted octanol–water partition coefficient (Wildman–Crippen LogP) is 2.27. The van der Waals surface area contributed by atoms with Crippen LogP contribution in [0.1, 0.15) is 46.5 Å². The van der Waals surface area contributed by atoms with Crippen molar-refractivity contribution in [2.45, 2.75) is 58.1 Å². The molecule has 0 unspecified atom stereocenters. The fourth-order valence-corrected chi connectivity index (χ4v) is 3.22. The number of hydrogen-bond acceptors (Lipinski definition) is 2. The molecule has 2 nitrogen and oxygen atoms in total. The van der Waals surface area contributed by atoms with Crippen molar-refractivity contribution in [3.05, 3.63) is 0 Å². The van der Waals surface area contributed by atoms with Crippen LogP contribution in [0.25, 0.3) is 0 Å². The highest BCUT2D eigenvalue weighted by Crippen LogP contribution is 2.35. The van der Waals surface area contributed by atoms with Crippen LogP contribution in [-0.4, -0.2) is 34.7 Å². The van der Waals surface area contributed by atoms with Gasteiger partial charge in [-0.1, -0.05) is 13.8 Å². The fourth-order valence-electron chi connectivity index (χ4n) is 3.22. The van der Waals surface area contributed by atoms with Gasteiger partial charge in [-0.2, -0.15) is 0 Å². The van der Waals surface area contributed by atoms with Gasteiger partial charge < -0.3 is 5.11 Å². The first kappa shape index (κ1) is 11.4. The molecule has 15 heavy (non-hydrogen) atoms. The van der Waals surface area contributed by atoms with Crippen molar-refractivity contribution < 1.29 is 5.11 Å². The molecule has 0 aromatic carbocycles. The van der Waals surface area contributed by atoms with E-state index in [9.17, 15) is 5.11 Å². The third-order valence-corrected chi connectivity index (χ3v) is 4.29. The van der Waals surface area contributed by atoms with E-state index in [0.29, 0.717) is 0 Å². The van der Waals surface area contributed by atoms with Gasteiger partial charge >= 0.3 is 0 Å². The number of rotatable bonds is 2. The van der Waals surface area contributed by atoms with Gasteiger partial charge in [-0.25, -0.2) is 0 Å². The molecule has 0 aromatic heterocycles. The van der Waals surface area contributed by atoms with Crippen LogP contribution in [0.4, 0.5) is 0 Å². The summed E-state index contributed by atoms with van der Waals surface area (Å²) in [6.07, 6.45) is 5.47. The highest BCUT2D eigenvalue weighted by atomic mass is 16.3. The van der Waals surface area contributed by atoms with E-state index in [2.05, 4.69) is 18.7 Å². The molecular formula is C13H25NO. The molecule has 1 aliphatic heterocycles. The van der Waals surface area contributed by atoms with Crippen molar-refractivity contribution in [3.63, 3.8) is 0 Å². The summed E-state index contributed by atoms with van der Waals surface area (Å²) in [6.45, 7) is 8.43. The van der Waals surface area contributed by atoms with Crippen LogP contribution < -0.4 is 0 Å². The molecule has 0 spiro atoms. The number of hydrogen-bond donors (Lipinski definition) is 1. The Bertz CT molecular complexity index is 209. The molecule has 0 radical (unpaired) electrons. The van der Waals surface area contributed by atoms with E-state index in [-0.39, 0.29) is 0 Å². The highest BCUT2D eigenvalue weighted by Gasteiger charge is 2.41. The monoisotopic (exact) mass is 211 g/mol. The van der Waals surface area contributed by atoms with Gasteiger partial charge in [0.1, 0.15) is 0 Å². The van der Waals surface area contributed by atoms with Gasteiger partial charge in [0, 0.05) is 19.1 Å². The average molecular weight is 211 g/mol. The second-order valence-electron chi connectivity index (χ2n) is 6.21. The Hall–Kier alpha value is -0.0800. The van der Waals surface area contributed by atoms with Gasteiger partial charge in [-0.15, -0.1) is 0 Å². The lowest BCUT2D eigenvalue weighted by Crippen LogP contribution is -2.63. The minimum atomic E-state index is -0.394. The molecule has 1 aliphatic carbocycles. The predicted molar refractivity (Wildman–Crippen MR) is 62.8 cm³/mol. The molecule has 1 saturated heterocycles. The largest absolute Gasteiger partial charge is 0.388 e. The fraction of sp³-hybridized carbons (Fsp3) is 1.00. The Morgan fingerprint density at radius 2 is 1.67 bits per heavy atom. The van der Waals surface area contributed by atoms with Gasteiger partial charge in [0.2, 0.25) is 0 Å². The molecule has 2 rings (SSSR count). The summed E-state index contributed by atoms with van der Waals surface area (Å²) in [7, 11) is 0. The minimum absolute atomic E-state index is 0.394. The summed E-state index contributed by atoms with van der Waals surface area (Å²) in [5, 5.41) is 9.71. The zero-order valence-corrected chi connectivity index (χ0v) is 10.4. The highest BCUT2D eigenvalue weighted by molar-refractivity contribution is 4.96. The summed E-state index contributed by atoms with van der Waals surface area (Å²) in [6, 6.07) is 0.764. The first-order valence-corrected chi connectivity index (χ1v) is 6.44. The van der Waals surface area contributed by atoms with E-state index >= 15 is 0 Å². The Morgan fingerprint density at radius 3 is 2.07 bits per heavy atom. The second-order valence-corrected chi connectivity index (χ2v) is 6.21. The Kier molecular flexibility index (Phi) is 3.09. The van der Waals surface area contributed by atoms with Gasteiger partial charge in [0.15, 0.2) is 0 Å². The van der Waals surface area contributed by atoms with Gasteiger partial charge in [0.05, 0.1) is 5.60 Å². The first-order chi connectivity index (χ1) is 6.98. The van der Waals surface area contributed by atoms with Crippen molar-refractivity contribution in [2.75, 3.05) is 13.1 Å². The molecule has 0 amide bonds. The molecule has 2 aliphatic rings. The zero-order chi connectivity index (χ0) is 11.1. The lowest BCUT2D eigenvalue weighted by molar-refractivity contribution is -0.109. The van der Waals surface area contributed by atoms with Crippen molar-refractivity contribution >= 4 is 0 Å². The minimum Gasteiger partial charge on any atom is -0.388 e. The van der Waals surface area contributed by atoms with Gasteiger partial charge in [0.25, 0.3) is 0 Å². The lowest BCUT2D eigenvalue weighted by Gasteiger charge is -2.50. The molecule has 1 saturated carbocycles. The van der Waals surface area contributed by atoms with Crippen molar-refractivity contribution in [1.82, 2.24) is 4.90 Å². The van der Waals surface area contributed by atoms with E-state index in [1.165, 1.54) is 25.7 Å². The van der Waals surface area contributed by atoms with Crippen LogP contribution in [0, 0.1) is 11.8 Å². The number of β-amino-alcohol motifs (C(OH)–C–C–N with tert-alkyl or cyclic N) is 1. The summed E-state index contributed by atoms with van der Waals surface area (Å²) in [4.78, 5) is 2.47. The quantitative estimate of drug-likeness (QED) is 0.757. The van der Waals surface area contributed by atoms with Crippen LogP contribution in [0.5, 0.6) is 0 Å². The van der Waals surface area contributed by atoms with Gasteiger partial charge in [-0.05, 0) is 44.4 Å². The maximum Gasteiger partial charge on any atom is 0.0872 e. The van der Waals surface area contributed by atoms with Crippen molar-refractivity contribution in [2.24, 2.45) is 11.8 Å². The van der Waals surface area contributed by atoms with Gasteiger partial charge in [-0.3, -0.25) is 4.90 Å². The summed E-state index contributed by atoms with van der Waals surface area (Å²) >= 11 is 0. The Morgan fingerprint density at radius 1 is 1.13 bits per heavy atom. The summed E-state index contributed by atoms with van der Waals surface area (Å²) < 4.78 is 0. The third kappa shape index (κ3) is 2.54.